The highest BCUT2D eigenvalue weighted by Crippen LogP contribution is 2.39. The first kappa shape index (κ1) is 24.2. The maximum atomic E-state index is 9.75. The Kier molecular flexibility index (Phi) is 7.80. The van der Waals surface area contributed by atoms with Gasteiger partial charge in [-0.15, -0.1) is 0 Å². The van der Waals surface area contributed by atoms with Gasteiger partial charge in [0, 0.05) is 10.6 Å². The SMILES string of the molecule is CCOc1cc(/C=C(\C#N)c2ccc(Cl)cc2Cl)cc(Br)c1OCc1cccc2ccccc12. The number of rotatable bonds is 7. The summed E-state index contributed by atoms with van der Waals surface area (Å²) in [7, 11) is 0. The van der Waals surface area contributed by atoms with Gasteiger partial charge in [-0.1, -0.05) is 71.7 Å². The first-order valence-corrected chi connectivity index (χ1v) is 12.2. The average Bonchev–Trinajstić information content (AvgIpc) is 2.82. The van der Waals surface area contributed by atoms with E-state index in [-0.39, 0.29) is 0 Å². The molecule has 0 N–H and O–H groups in total. The van der Waals surface area contributed by atoms with Crippen molar-refractivity contribution in [2.75, 3.05) is 6.61 Å². The summed E-state index contributed by atoms with van der Waals surface area (Å²) in [6, 6.07) is 25.4. The molecule has 170 valence electrons. The van der Waals surface area contributed by atoms with Crippen molar-refractivity contribution in [2.24, 2.45) is 0 Å². The van der Waals surface area contributed by atoms with Gasteiger partial charge in [0.15, 0.2) is 11.5 Å². The van der Waals surface area contributed by atoms with Crippen molar-refractivity contribution in [3.63, 3.8) is 0 Å². The molecule has 4 aromatic rings. The number of benzene rings is 4. The Morgan fingerprint density at radius 1 is 1.00 bits per heavy atom. The lowest BCUT2D eigenvalue weighted by atomic mass is 10.0. The van der Waals surface area contributed by atoms with Gasteiger partial charge < -0.3 is 9.47 Å². The summed E-state index contributed by atoms with van der Waals surface area (Å²) in [6.45, 7) is 2.77. The van der Waals surface area contributed by atoms with Gasteiger partial charge in [0.1, 0.15) is 6.61 Å². The Bertz CT molecular complexity index is 1420. The standard InChI is InChI=1S/C28H20BrCl2NO2/c1-2-33-27-14-18(12-21(16-32)24-11-10-22(30)15-26(24)31)13-25(29)28(27)34-17-20-8-5-7-19-6-3-4-9-23(19)20/h3-15H,2,17H2,1H3/b21-12+. The lowest BCUT2D eigenvalue weighted by Gasteiger charge is -2.16. The van der Waals surface area contributed by atoms with Crippen LogP contribution in [-0.2, 0) is 6.61 Å². The third-order valence-corrected chi connectivity index (χ3v) is 6.37. The molecule has 4 rings (SSSR count). The fourth-order valence-corrected chi connectivity index (χ4v) is 4.77. The van der Waals surface area contributed by atoms with E-state index in [9.17, 15) is 5.26 Å². The molecule has 6 heteroatoms. The van der Waals surface area contributed by atoms with Crippen LogP contribution in [0.1, 0.15) is 23.6 Å². The summed E-state index contributed by atoms with van der Waals surface area (Å²) in [5, 5.41) is 13.0. The van der Waals surface area contributed by atoms with E-state index in [1.54, 1.807) is 24.3 Å². The van der Waals surface area contributed by atoms with Crippen molar-refractivity contribution < 1.29 is 9.47 Å². The predicted molar refractivity (Wildman–Crippen MR) is 144 cm³/mol. The second-order valence-electron chi connectivity index (χ2n) is 7.48. The predicted octanol–water partition coefficient (Wildman–Crippen LogP) is 8.95. The molecule has 0 aliphatic rings. The monoisotopic (exact) mass is 551 g/mol. The van der Waals surface area contributed by atoms with Crippen LogP contribution in [0.4, 0.5) is 0 Å². The van der Waals surface area contributed by atoms with Gasteiger partial charge in [0.05, 0.1) is 27.7 Å². The fourth-order valence-electron chi connectivity index (χ4n) is 3.69. The van der Waals surface area contributed by atoms with E-state index in [4.69, 9.17) is 32.7 Å². The quantitative estimate of drug-likeness (QED) is 0.170. The van der Waals surface area contributed by atoms with Crippen LogP contribution in [0, 0.1) is 11.3 Å². The number of hydrogen-bond donors (Lipinski definition) is 0. The van der Waals surface area contributed by atoms with E-state index >= 15 is 0 Å². The second-order valence-corrected chi connectivity index (χ2v) is 9.18. The first-order valence-electron chi connectivity index (χ1n) is 10.6. The van der Waals surface area contributed by atoms with E-state index in [2.05, 4.69) is 46.3 Å². The normalized spacial score (nSPS) is 11.3. The zero-order valence-corrected chi connectivity index (χ0v) is 21.4. The maximum absolute atomic E-state index is 9.75. The Balaban J connectivity index is 1.67. The fraction of sp³-hybridized carbons (Fsp3) is 0.107. The number of hydrogen-bond acceptors (Lipinski definition) is 3. The van der Waals surface area contributed by atoms with Crippen LogP contribution in [0.2, 0.25) is 10.0 Å². The van der Waals surface area contributed by atoms with Crippen LogP contribution in [0.25, 0.3) is 22.4 Å². The van der Waals surface area contributed by atoms with E-state index in [1.165, 1.54) is 0 Å². The minimum atomic E-state index is 0.388. The molecule has 3 nitrogen and oxygen atoms in total. The summed E-state index contributed by atoms with van der Waals surface area (Å²) in [4.78, 5) is 0. The van der Waals surface area contributed by atoms with Gasteiger partial charge in [0.25, 0.3) is 0 Å². The minimum Gasteiger partial charge on any atom is -0.490 e. The van der Waals surface area contributed by atoms with Crippen molar-refractivity contribution in [3.8, 4) is 17.6 Å². The third-order valence-electron chi connectivity index (χ3n) is 5.24. The maximum Gasteiger partial charge on any atom is 0.175 e. The third kappa shape index (κ3) is 5.39. The zero-order chi connectivity index (χ0) is 24.1. The molecule has 0 radical (unpaired) electrons. The highest BCUT2D eigenvalue weighted by Gasteiger charge is 2.14. The number of nitrogens with zero attached hydrogens (tertiary/aromatic N) is 1. The van der Waals surface area contributed by atoms with Crippen molar-refractivity contribution in [1.82, 2.24) is 0 Å². The average molecular weight is 553 g/mol. The zero-order valence-electron chi connectivity index (χ0n) is 18.3. The van der Waals surface area contributed by atoms with Gasteiger partial charge in [-0.25, -0.2) is 0 Å². The van der Waals surface area contributed by atoms with Crippen molar-refractivity contribution in [1.29, 1.82) is 5.26 Å². The number of allylic oxidation sites excluding steroid dienone is 1. The van der Waals surface area contributed by atoms with Gasteiger partial charge in [-0.05, 0) is 75.1 Å². The van der Waals surface area contributed by atoms with Crippen molar-refractivity contribution in [2.45, 2.75) is 13.5 Å². The number of ether oxygens (including phenoxy) is 2. The van der Waals surface area contributed by atoms with Gasteiger partial charge in [0.2, 0.25) is 0 Å². The topological polar surface area (TPSA) is 42.2 Å². The Morgan fingerprint density at radius 3 is 2.56 bits per heavy atom. The van der Waals surface area contributed by atoms with Gasteiger partial charge in [-0.2, -0.15) is 5.26 Å². The van der Waals surface area contributed by atoms with E-state index in [0.717, 1.165) is 26.4 Å². The largest absolute Gasteiger partial charge is 0.490 e. The van der Waals surface area contributed by atoms with Gasteiger partial charge in [-0.3, -0.25) is 0 Å². The van der Waals surface area contributed by atoms with Crippen LogP contribution < -0.4 is 9.47 Å². The molecule has 0 aliphatic heterocycles. The summed E-state index contributed by atoms with van der Waals surface area (Å²) >= 11 is 15.9. The van der Waals surface area contributed by atoms with Crippen LogP contribution >= 0.6 is 39.1 Å². The van der Waals surface area contributed by atoms with Crippen LogP contribution in [-0.4, -0.2) is 6.61 Å². The summed E-state index contributed by atoms with van der Waals surface area (Å²) < 4.78 is 12.8. The Morgan fingerprint density at radius 2 is 1.79 bits per heavy atom. The van der Waals surface area contributed by atoms with Crippen molar-refractivity contribution in [3.05, 3.63) is 104 Å². The lowest BCUT2D eigenvalue weighted by molar-refractivity contribution is 0.268. The molecule has 0 saturated carbocycles. The minimum absolute atomic E-state index is 0.388. The molecule has 0 amide bonds. The van der Waals surface area contributed by atoms with Crippen LogP contribution in [0.5, 0.6) is 11.5 Å². The smallest absolute Gasteiger partial charge is 0.175 e. The van der Waals surface area contributed by atoms with E-state index in [1.807, 2.05) is 37.3 Å². The molecule has 0 spiro atoms. The lowest BCUT2D eigenvalue weighted by Crippen LogP contribution is -2.01. The number of fused-ring (bicyclic) bond motifs is 1. The Labute approximate surface area is 217 Å². The summed E-state index contributed by atoms with van der Waals surface area (Å²) in [5.74, 6) is 1.19. The number of halogens is 3. The molecule has 0 unspecified atom stereocenters. The molecular weight excluding hydrogens is 533 g/mol. The molecule has 34 heavy (non-hydrogen) atoms. The van der Waals surface area contributed by atoms with Crippen LogP contribution in [0.15, 0.2) is 77.3 Å². The molecule has 0 fully saturated rings. The first-order chi connectivity index (χ1) is 16.5. The molecule has 0 heterocycles. The Hall–Kier alpha value is -2.97. The van der Waals surface area contributed by atoms with Crippen LogP contribution in [0.3, 0.4) is 0 Å². The highest BCUT2D eigenvalue weighted by molar-refractivity contribution is 9.10. The molecule has 0 aromatic heterocycles. The molecule has 0 atom stereocenters. The van der Waals surface area contributed by atoms with E-state index < -0.39 is 0 Å². The van der Waals surface area contributed by atoms with Crippen molar-refractivity contribution >= 4 is 61.6 Å². The highest BCUT2D eigenvalue weighted by atomic mass is 79.9. The molecule has 0 aliphatic carbocycles. The van der Waals surface area contributed by atoms with E-state index in [0.29, 0.717) is 45.9 Å². The number of nitriles is 1. The molecule has 4 aromatic carbocycles. The molecule has 0 bridgehead atoms. The molecular formula is C28H20BrCl2NO2. The molecule has 0 saturated heterocycles. The summed E-state index contributed by atoms with van der Waals surface area (Å²) in [6.07, 6.45) is 1.76. The summed E-state index contributed by atoms with van der Waals surface area (Å²) in [5.41, 5.74) is 2.88. The van der Waals surface area contributed by atoms with Gasteiger partial charge >= 0.3 is 0 Å². The second kappa shape index (κ2) is 11.0.